The van der Waals surface area contributed by atoms with E-state index in [1.54, 1.807) is 0 Å². The number of fused-ring (bicyclic) bond motifs is 5. The number of aryl methyl sites for hydroxylation is 1. The third kappa shape index (κ3) is 4.53. The van der Waals surface area contributed by atoms with Gasteiger partial charge in [-0.3, -0.25) is 4.79 Å². The van der Waals surface area contributed by atoms with E-state index in [1.165, 1.54) is 16.7 Å². The van der Waals surface area contributed by atoms with Crippen LogP contribution in [0.15, 0.2) is 78.9 Å². The lowest BCUT2D eigenvalue weighted by molar-refractivity contribution is -0.130. The van der Waals surface area contributed by atoms with E-state index in [2.05, 4.69) is 42.6 Å². The van der Waals surface area contributed by atoms with E-state index >= 15 is 0 Å². The highest BCUT2D eigenvalue weighted by Gasteiger charge is 2.59. The van der Waals surface area contributed by atoms with Crippen LogP contribution in [0.25, 0.3) is 0 Å². The van der Waals surface area contributed by atoms with E-state index in [-0.39, 0.29) is 23.3 Å². The Hall–Kier alpha value is -3.11. The molecule has 0 saturated heterocycles. The molecule has 6 rings (SSSR count). The number of carbonyl (C=O) groups is 1. The lowest BCUT2D eigenvalue weighted by Crippen LogP contribution is -2.45. The summed E-state index contributed by atoms with van der Waals surface area (Å²) in [7, 11) is 0. The zero-order chi connectivity index (χ0) is 26.3. The van der Waals surface area contributed by atoms with Gasteiger partial charge in [-0.05, 0) is 96.6 Å². The number of benzene rings is 3. The third-order valence-corrected chi connectivity index (χ3v) is 9.94. The molecule has 4 heteroatoms. The highest BCUT2D eigenvalue weighted by molar-refractivity contribution is 5.80. The molecule has 0 spiro atoms. The van der Waals surface area contributed by atoms with Crippen LogP contribution in [0.3, 0.4) is 0 Å². The summed E-state index contributed by atoms with van der Waals surface area (Å²) in [6.07, 6.45) is 4.36. The monoisotopic (exact) mass is 509 g/mol. The van der Waals surface area contributed by atoms with Gasteiger partial charge in [-0.2, -0.15) is 0 Å². The van der Waals surface area contributed by atoms with Gasteiger partial charge in [0.15, 0.2) is 0 Å². The van der Waals surface area contributed by atoms with Crippen molar-refractivity contribution in [1.82, 2.24) is 5.32 Å². The van der Waals surface area contributed by atoms with Crippen molar-refractivity contribution in [3.05, 3.63) is 101 Å². The molecule has 2 fully saturated rings. The molecule has 3 aliphatic rings. The molecule has 198 valence electrons. The van der Waals surface area contributed by atoms with Gasteiger partial charge in [0.05, 0.1) is 18.1 Å². The second kappa shape index (κ2) is 10.2. The van der Waals surface area contributed by atoms with Gasteiger partial charge in [0, 0.05) is 0 Å². The molecule has 2 saturated carbocycles. The van der Waals surface area contributed by atoms with Crippen molar-refractivity contribution in [2.75, 3.05) is 0 Å². The summed E-state index contributed by atoms with van der Waals surface area (Å²) in [6, 6.07) is 26.9. The number of nitrogens with one attached hydrogen (secondary N) is 1. The molecule has 1 amide bonds. The minimum Gasteiger partial charge on any atom is -0.489 e. The molecule has 3 aromatic carbocycles. The van der Waals surface area contributed by atoms with Crippen LogP contribution in [-0.4, -0.2) is 17.1 Å². The Bertz CT molecular complexity index is 1280. The number of ether oxygens (including phenoxy) is 1. The van der Waals surface area contributed by atoms with E-state index in [0.717, 1.165) is 43.4 Å². The van der Waals surface area contributed by atoms with Crippen molar-refractivity contribution in [2.45, 2.75) is 70.6 Å². The van der Waals surface area contributed by atoms with Crippen molar-refractivity contribution < 1.29 is 14.6 Å². The molecule has 0 radical (unpaired) electrons. The van der Waals surface area contributed by atoms with Gasteiger partial charge in [0.2, 0.25) is 5.91 Å². The fourth-order valence-electron chi connectivity index (χ4n) is 7.81. The Balaban J connectivity index is 1.16. The SMILES string of the molecule is CC(NC(=O)C1CC2C3CCc4cc(OCc5ccccc5)ccc4C3CCC2(C)C1O)c1ccccc1. The third-order valence-electron chi connectivity index (χ3n) is 9.94. The summed E-state index contributed by atoms with van der Waals surface area (Å²) in [6.45, 7) is 4.84. The average molecular weight is 510 g/mol. The van der Waals surface area contributed by atoms with Gasteiger partial charge in [-0.25, -0.2) is 0 Å². The number of aliphatic hydroxyl groups excluding tert-OH is 1. The minimum absolute atomic E-state index is 0.00237. The molecule has 2 N–H and O–H groups in total. The molecule has 0 aliphatic heterocycles. The molecule has 4 nitrogen and oxygen atoms in total. The molecular weight excluding hydrogens is 470 g/mol. The summed E-state index contributed by atoms with van der Waals surface area (Å²) < 4.78 is 6.12. The van der Waals surface area contributed by atoms with E-state index in [1.807, 2.05) is 55.5 Å². The van der Waals surface area contributed by atoms with Crippen LogP contribution in [0.4, 0.5) is 0 Å². The molecule has 3 aliphatic carbocycles. The Kier molecular flexibility index (Phi) is 6.77. The number of hydrogen-bond acceptors (Lipinski definition) is 3. The van der Waals surface area contributed by atoms with Gasteiger partial charge in [-0.15, -0.1) is 0 Å². The van der Waals surface area contributed by atoms with Gasteiger partial charge in [0.1, 0.15) is 12.4 Å². The summed E-state index contributed by atoms with van der Waals surface area (Å²) in [5.41, 5.74) is 4.93. The van der Waals surface area contributed by atoms with E-state index < -0.39 is 6.10 Å². The zero-order valence-electron chi connectivity index (χ0n) is 22.5. The van der Waals surface area contributed by atoms with E-state index in [9.17, 15) is 9.90 Å². The van der Waals surface area contributed by atoms with Gasteiger partial charge in [0.25, 0.3) is 0 Å². The van der Waals surface area contributed by atoms with Crippen molar-refractivity contribution in [1.29, 1.82) is 0 Å². The van der Waals surface area contributed by atoms with Crippen LogP contribution >= 0.6 is 0 Å². The molecule has 3 aromatic rings. The molecule has 7 atom stereocenters. The van der Waals surface area contributed by atoms with Gasteiger partial charge >= 0.3 is 0 Å². The van der Waals surface area contributed by atoms with Crippen molar-refractivity contribution in [3.63, 3.8) is 0 Å². The number of hydrogen-bond donors (Lipinski definition) is 2. The zero-order valence-corrected chi connectivity index (χ0v) is 22.5. The average Bonchev–Trinajstić information content (AvgIpc) is 3.23. The standard InChI is InChI=1S/C34H39NO3/c1-22(24-11-7-4-8-12-24)35-33(37)30-20-31-29-15-13-25-19-26(38-21-23-9-5-3-6-10-23)14-16-27(25)28(29)17-18-34(31,2)32(30)36/h3-12,14,16,19,22,28-32,36H,13,15,17-18,20-21H2,1-2H3,(H,35,37). The number of amides is 1. The number of rotatable bonds is 6. The predicted octanol–water partition coefficient (Wildman–Crippen LogP) is 6.59. The number of aliphatic hydroxyl groups is 1. The van der Waals surface area contributed by atoms with Crippen LogP contribution in [0.2, 0.25) is 0 Å². The Morgan fingerprint density at radius 3 is 2.55 bits per heavy atom. The summed E-state index contributed by atoms with van der Waals surface area (Å²) in [5, 5.41) is 14.7. The first-order valence-corrected chi connectivity index (χ1v) is 14.3. The van der Waals surface area contributed by atoms with Crippen molar-refractivity contribution >= 4 is 5.91 Å². The minimum atomic E-state index is -0.591. The van der Waals surface area contributed by atoms with Gasteiger partial charge < -0.3 is 15.2 Å². The summed E-state index contributed by atoms with van der Waals surface area (Å²) in [5.74, 6) is 1.96. The maximum absolute atomic E-state index is 13.4. The Labute approximate surface area is 226 Å². The highest BCUT2D eigenvalue weighted by atomic mass is 16.5. The molecule has 0 bridgehead atoms. The first-order valence-electron chi connectivity index (χ1n) is 14.3. The molecular formula is C34H39NO3. The Morgan fingerprint density at radius 1 is 1.05 bits per heavy atom. The summed E-state index contributed by atoms with van der Waals surface area (Å²) in [4.78, 5) is 13.4. The molecule has 0 aromatic heterocycles. The second-order valence-electron chi connectivity index (χ2n) is 12.0. The van der Waals surface area contributed by atoms with Crippen LogP contribution in [0, 0.1) is 23.2 Å². The number of carbonyl (C=O) groups excluding carboxylic acids is 1. The maximum Gasteiger partial charge on any atom is 0.226 e. The largest absolute Gasteiger partial charge is 0.489 e. The molecule has 7 unspecified atom stereocenters. The smallest absolute Gasteiger partial charge is 0.226 e. The second-order valence-corrected chi connectivity index (χ2v) is 12.0. The lowest BCUT2D eigenvalue weighted by Gasteiger charge is -2.50. The topological polar surface area (TPSA) is 58.6 Å². The van der Waals surface area contributed by atoms with Crippen LogP contribution in [0.1, 0.15) is 73.7 Å². The fourth-order valence-corrected chi connectivity index (χ4v) is 7.81. The van der Waals surface area contributed by atoms with Crippen molar-refractivity contribution in [2.24, 2.45) is 23.2 Å². The van der Waals surface area contributed by atoms with E-state index in [4.69, 9.17) is 4.74 Å². The molecule has 38 heavy (non-hydrogen) atoms. The summed E-state index contributed by atoms with van der Waals surface area (Å²) >= 11 is 0. The van der Waals surface area contributed by atoms with Crippen LogP contribution in [0.5, 0.6) is 5.75 Å². The van der Waals surface area contributed by atoms with Crippen LogP contribution < -0.4 is 10.1 Å². The first kappa shape index (κ1) is 25.2. The van der Waals surface area contributed by atoms with Crippen molar-refractivity contribution in [3.8, 4) is 5.75 Å². The predicted molar refractivity (Wildman–Crippen MR) is 150 cm³/mol. The van der Waals surface area contributed by atoms with Gasteiger partial charge in [-0.1, -0.05) is 73.7 Å². The normalized spacial score (nSPS) is 30.4. The fraction of sp³-hybridized carbons (Fsp3) is 0.441. The Morgan fingerprint density at radius 2 is 1.79 bits per heavy atom. The van der Waals surface area contributed by atoms with Crippen LogP contribution in [-0.2, 0) is 17.8 Å². The highest BCUT2D eigenvalue weighted by Crippen LogP contribution is 2.62. The lowest BCUT2D eigenvalue weighted by atomic mass is 9.55. The quantitative estimate of drug-likeness (QED) is 0.394. The molecule has 0 heterocycles. The maximum atomic E-state index is 13.4. The first-order chi connectivity index (χ1) is 18.4. The van der Waals surface area contributed by atoms with E-state index in [0.29, 0.717) is 24.4 Å².